The third-order valence-corrected chi connectivity index (χ3v) is 6.32. The van der Waals surface area contributed by atoms with E-state index in [9.17, 15) is 14.4 Å². The van der Waals surface area contributed by atoms with Crippen LogP contribution in [0.5, 0.6) is 0 Å². The normalized spacial score (nSPS) is 17.3. The Kier molecular flexibility index (Phi) is 6.34. The van der Waals surface area contributed by atoms with E-state index in [1.54, 1.807) is 21.9 Å². The van der Waals surface area contributed by atoms with Gasteiger partial charge in [0.1, 0.15) is 5.69 Å². The average molecular weight is 440 g/mol. The molecule has 0 bridgehead atoms. The zero-order valence-corrected chi connectivity index (χ0v) is 18.2. The summed E-state index contributed by atoms with van der Waals surface area (Å²) in [5, 5.41) is 12.2. The van der Waals surface area contributed by atoms with Gasteiger partial charge in [-0.05, 0) is 49.2 Å². The van der Waals surface area contributed by atoms with E-state index in [1.165, 1.54) is 0 Å². The number of nitrogens with zero attached hydrogens (tertiary/aromatic N) is 4. The Labute approximate surface area is 187 Å². The van der Waals surface area contributed by atoms with Gasteiger partial charge >= 0.3 is 12.0 Å². The van der Waals surface area contributed by atoms with Crippen LogP contribution in [0.25, 0.3) is 0 Å². The van der Waals surface area contributed by atoms with Crippen molar-refractivity contribution in [3.05, 3.63) is 53.9 Å². The largest absolute Gasteiger partial charge is 0.478 e. The van der Waals surface area contributed by atoms with Gasteiger partial charge in [0.05, 0.1) is 5.56 Å². The lowest BCUT2D eigenvalue weighted by atomic mass is 10.0. The highest BCUT2D eigenvalue weighted by Gasteiger charge is 2.28. The van der Waals surface area contributed by atoms with E-state index in [1.807, 2.05) is 42.1 Å². The Balaban J connectivity index is 1.22. The molecular formula is C23H29N5O4. The Morgan fingerprint density at radius 3 is 2.09 bits per heavy atom. The molecule has 2 aliphatic rings. The molecule has 4 rings (SSSR count). The lowest BCUT2D eigenvalue weighted by Gasteiger charge is -2.37. The molecular weight excluding hydrogens is 410 g/mol. The van der Waals surface area contributed by atoms with Crippen molar-refractivity contribution in [3.63, 3.8) is 0 Å². The number of hydrogen-bond acceptors (Lipinski definition) is 4. The van der Waals surface area contributed by atoms with Gasteiger partial charge in [-0.25, -0.2) is 9.59 Å². The predicted octanol–water partition coefficient (Wildman–Crippen LogP) is 1.86. The number of aryl methyl sites for hydroxylation is 1. The summed E-state index contributed by atoms with van der Waals surface area (Å²) in [7, 11) is 1.85. The van der Waals surface area contributed by atoms with Crippen LogP contribution < -0.4 is 10.2 Å². The zero-order valence-electron chi connectivity index (χ0n) is 18.2. The van der Waals surface area contributed by atoms with E-state index in [0.29, 0.717) is 31.9 Å². The number of piperazine rings is 1. The second kappa shape index (κ2) is 9.33. The molecule has 170 valence electrons. The van der Waals surface area contributed by atoms with Crippen molar-refractivity contribution >= 4 is 23.6 Å². The Bertz CT molecular complexity index is 971. The summed E-state index contributed by atoms with van der Waals surface area (Å²) < 4.78 is 1.81. The maximum Gasteiger partial charge on any atom is 0.335 e. The molecule has 9 nitrogen and oxygen atoms in total. The molecule has 2 fully saturated rings. The molecule has 0 unspecified atom stereocenters. The molecule has 3 amide bonds. The summed E-state index contributed by atoms with van der Waals surface area (Å²) in [4.78, 5) is 42.1. The average Bonchev–Trinajstić information content (AvgIpc) is 3.25. The van der Waals surface area contributed by atoms with Crippen LogP contribution in [-0.2, 0) is 7.05 Å². The highest BCUT2D eigenvalue weighted by Crippen LogP contribution is 2.21. The summed E-state index contributed by atoms with van der Waals surface area (Å²) in [6.45, 7) is 3.71. The van der Waals surface area contributed by atoms with Crippen molar-refractivity contribution in [3.8, 4) is 0 Å². The standard InChI is InChI=1S/C23H29N5O4/c1-25-10-2-3-20(25)21(29)27-13-15-28(16-14-27)23(32)24-18-8-11-26(12-9-18)19-6-4-17(5-7-19)22(30)31/h2-7,10,18H,8-9,11-16H2,1H3,(H,24,32)(H,30,31). The third-order valence-electron chi connectivity index (χ3n) is 6.32. The lowest BCUT2D eigenvalue weighted by Crippen LogP contribution is -2.55. The van der Waals surface area contributed by atoms with E-state index in [-0.39, 0.29) is 23.5 Å². The number of urea groups is 1. The number of carboxylic acid groups (broad SMARTS) is 1. The van der Waals surface area contributed by atoms with Crippen LogP contribution in [0.4, 0.5) is 10.5 Å². The molecule has 0 aliphatic carbocycles. The first-order valence-electron chi connectivity index (χ1n) is 11.0. The third kappa shape index (κ3) is 4.71. The fourth-order valence-electron chi connectivity index (χ4n) is 4.32. The van der Waals surface area contributed by atoms with Crippen molar-refractivity contribution in [1.82, 2.24) is 19.7 Å². The Hall–Kier alpha value is -3.49. The number of carbonyl (C=O) groups is 3. The van der Waals surface area contributed by atoms with E-state index in [4.69, 9.17) is 5.11 Å². The lowest BCUT2D eigenvalue weighted by molar-refractivity contribution is 0.0652. The van der Waals surface area contributed by atoms with Crippen molar-refractivity contribution in [2.24, 2.45) is 7.05 Å². The number of carbonyl (C=O) groups excluding carboxylic acids is 2. The van der Waals surface area contributed by atoms with Gasteiger partial charge in [0.2, 0.25) is 0 Å². The van der Waals surface area contributed by atoms with Gasteiger partial charge in [0.25, 0.3) is 5.91 Å². The molecule has 0 radical (unpaired) electrons. The predicted molar refractivity (Wildman–Crippen MR) is 120 cm³/mol. The Morgan fingerprint density at radius 1 is 0.906 bits per heavy atom. The number of benzene rings is 1. The number of hydrogen-bond donors (Lipinski definition) is 2. The molecule has 1 aromatic carbocycles. The van der Waals surface area contributed by atoms with Gasteiger partial charge in [-0.1, -0.05) is 0 Å². The molecule has 2 aliphatic heterocycles. The first-order chi connectivity index (χ1) is 15.4. The highest BCUT2D eigenvalue weighted by molar-refractivity contribution is 5.93. The molecule has 2 saturated heterocycles. The van der Waals surface area contributed by atoms with E-state index < -0.39 is 5.97 Å². The van der Waals surface area contributed by atoms with Crippen LogP contribution in [0.15, 0.2) is 42.6 Å². The quantitative estimate of drug-likeness (QED) is 0.758. The van der Waals surface area contributed by atoms with Crippen molar-refractivity contribution in [2.75, 3.05) is 44.2 Å². The highest BCUT2D eigenvalue weighted by atomic mass is 16.4. The number of aromatic nitrogens is 1. The summed E-state index contributed by atoms with van der Waals surface area (Å²) >= 11 is 0. The molecule has 2 aromatic rings. The van der Waals surface area contributed by atoms with E-state index in [0.717, 1.165) is 31.6 Å². The fraction of sp³-hybridized carbons (Fsp3) is 0.435. The number of carboxylic acids is 1. The zero-order chi connectivity index (χ0) is 22.7. The van der Waals surface area contributed by atoms with Crippen LogP contribution in [0.3, 0.4) is 0 Å². The summed E-state index contributed by atoms with van der Waals surface area (Å²) in [6.07, 6.45) is 3.52. The smallest absolute Gasteiger partial charge is 0.335 e. The van der Waals surface area contributed by atoms with Crippen LogP contribution in [0.1, 0.15) is 33.7 Å². The summed E-state index contributed by atoms with van der Waals surface area (Å²) in [6, 6.07) is 10.6. The summed E-state index contributed by atoms with van der Waals surface area (Å²) in [5.41, 5.74) is 1.94. The number of rotatable bonds is 4. The van der Waals surface area contributed by atoms with Gasteiger partial charge in [-0.15, -0.1) is 0 Å². The number of piperidine rings is 1. The monoisotopic (exact) mass is 439 g/mol. The molecule has 32 heavy (non-hydrogen) atoms. The second-order valence-corrected chi connectivity index (χ2v) is 8.35. The molecule has 0 spiro atoms. The molecule has 3 heterocycles. The first kappa shape index (κ1) is 21.7. The Morgan fingerprint density at radius 2 is 1.53 bits per heavy atom. The number of aromatic carboxylic acids is 1. The number of amides is 3. The van der Waals surface area contributed by atoms with Crippen molar-refractivity contribution in [2.45, 2.75) is 18.9 Å². The van der Waals surface area contributed by atoms with Crippen LogP contribution >= 0.6 is 0 Å². The van der Waals surface area contributed by atoms with E-state index in [2.05, 4.69) is 10.2 Å². The van der Waals surface area contributed by atoms with Crippen molar-refractivity contribution < 1.29 is 19.5 Å². The second-order valence-electron chi connectivity index (χ2n) is 8.35. The molecule has 2 N–H and O–H groups in total. The SMILES string of the molecule is Cn1cccc1C(=O)N1CCN(C(=O)NC2CCN(c3ccc(C(=O)O)cc3)CC2)CC1. The van der Waals surface area contributed by atoms with Gasteiger partial charge in [0, 0.05) is 64.2 Å². The molecule has 0 atom stereocenters. The minimum atomic E-state index is -0.928. The van der Waals surface area contributed by atoms with Crippen LogP contribution in [-0.4, -0.2) is 82.7 Å². The fourth-order valence-corrected chi connectivity index (χ4v) is 4.32. The van der Waals surface area contributed by atoms with Crippen molar-refractivity contribution in [1.29, 1.82) is 0 Å². The topological polar surface area (TPSA) is 98.1 Å². The maximum atomic E-state index is 12.7. The van der Waals surface area contributed by atoms with Crippen LogP contribution in [0.2, 0.25) is 0 Å². The van der Waals surface area contributed by atoms with E-state index >= 15 is 0 Å². The number of anilines is 1. The first-order valence-corrected chi connectivity index (χ1v) is 11.0. The minimum absolute atomic E-state index is 0.00122. The minimum Gasteiger partial charge on any atom is -0.478 e. The molecule has 0 saturated carbocycles. The van der Waals surface area contributed by atoms with Gasteiger partial charge in [-0.3, -0.25) is 4.79 Å². The van der Waals surface area contributed by atoms with Gasteiger partial charge < -0.3 is 29.7 Å². The summed E-state index contributed by atoms with van der Waals surface area (Å²) in [5.74, 6) is -0.926. The molecule has 1 aromatic heterocycles. The number of nitrogens with one attached hydrogen (secondary N) is 1. The van der Waals surface area contributed by atoms with Crippen LogP contribution in [0, 0.1) is 0 Å². The molecule has 9 heteroatoms. The van der Waals surface area contributed by atoms with Gasteiger partial charge in [0.15, 0.2) is 0 Å². The van der Waals surface area contributed by atoms with Gasteiger partial charge in [-0.2, -0.15) is 0 Å². The maximum absolute atomic E-state index is 12.7.